The molecule has 0 fully saturated rings. The minimum absolute atomic E-state index is 0.339. The Hall–Kier alpha value is -2.20. The second kappa shape index (κ2) is 4.58. The molecular weight excluding hydrogens is 230 g/mol. The number of aliphatic hydroxyl groups is 1. The topological polar surface area (TPSA) is 80.4 Å². The van der Waals surface area contributed by atoms with Crippen molar-refractivity contribution in [2.45, 2.75) is 5.60 Å². The van der Waals surface area contributed by atoms with Crippen LogP contribution >= 0.6 is 0 Å². The van der Waals surface area contributed by atoms with Crippen LogP contribution in [0.15, 0.2) is 54.6 Å². The van der Waals surface area contributed by atoms with E-state index in [2.05, 4.69) is 0 Å². The molecule has 18 heavy (non-hydrogen) atoms. The summed E-state index contributed by atoms with van der Waals surface area (Å²) < 4.78 is 0. The predicted octanol–water partition coefficient (Wildman–Crippen LogP) is 0.828. The first-order chi connectivity index (χ1) is 8.55. The molecule has 0 saturated heterocycles. The average molecular weight is 243 g/mol. The van der Waals surface area contributed by atoms with Crippen molar-refractivity contribution in [1.29, 1.82) is 0 Å². The summed E-state index contributed by atoms with van der Waals surface area (Å²) in [5.74, 6) is -2.31. The lowest BCUT2D eigenvalue weighted by molar-refractivity contribution is -0.124. The van der Waals surface area contributed by atoms with E-state index < -0.39 is 23.2 Å². The first-order valence-corrected chi connectivity index (χ1v) is 5.53. The van der Waals surface area contributed by atoms with Crippen LogP contribution in [0.3, 0.4) is 0 Å². The highest BCUT2D eigenvalue weighted by Crippen LogP contribution is 2.28. The van der Waals surface area contributed by atoms with Crippen molar-refractivity contribution in [3.63, 3.8) is 0 Å². The number of carbonyl (C=O) groups is 2. The summed E-state index contributed by atoms with van der Waals surface area (Å²) in [5, 5.41) is 10.4. The highest BCUT2D eigenvalue weighted by atomic mass is 16.3. The van der Waals surface area contributed by atoms with E-state index in [0.717, 1.165) is 0 Å². The molecule has 0 spiro atoms. The predicted molar refractivity (Wildman–Crippen MR) is 66.7 cm³/mol. The van der Waals surface area contributed by atoms with Crippen molar-refractivity contribution < 1.29 is 14.7 Å². The van der Waals surface area contributed by atoms with Gasteiger partial charge in [0.05, 0.1) is 5.92 Å². The molecule has 0 saturated carbocycles. The van der Waals surface area contributed by atoms with E-state index in [1.807, 2.05) is 0 Å². The van der Waals surface area contributed by atoms with Gasteiger partial charge in [-0.2, -0.15) is 0 Å². The Morgan fingerprint density at radius 2 is 1.83 bits per heavy atom. The number of hydrogen-bond acceptors (Lipinski definition) is 3. The highest BCUT2D eigenvalue weighted by molar-refractivity contribution is 6.07. The maximum Gasteiger partial charge on any atom is 0.228 e. The standard InChI is InChI=1S/C14H13NO3/c15-13(17)11-8-4-5-9-14(11,18)12(16)10-6-2-1-3-7-10/h1-9,11,18H,(H2,15,17). The zero-order chi connectivity index (χ0) is 13.2. The zero-order valence-corrected chi connectivity index (χ0v) is 9.61. The second-order valence-corrected chi connectivity index (χ2v) is 4.14. The first-order valence-electron chi connectivity index (χ1n) is 5.53. The number of benzene rings is 1. The Bertz CT molecular complexity index is 533. The van der Waals surface area contributed by atoms with Gasteiger partial charge in [-0.3, -0.25) is 9.59 Å². The summed E-state index contributed by atoms with van der Waals surface area (Å²) in [7, 11) is 0. The van der Waals surface area contributed by atoms with Crippen LogP contribution in [0.5, 0.6) is 0 Å². The maximum atomic E-state index is 12.3. The minimum atomic E-state index is -1.90. The SMILES string of the molecule is NC(=O)C1C=CC=CC1(O)C(=O)c1ccccc1. The van der Waals surface area contributed by atoms with E-state index in [9.17, 15) is 14.7 Å². The lowest BCUT2D eigenvalue weighted by Gasteiger charge is -2.30. The van der Waals surface area contributed by atoms with Crippen LogP contribution in [0.1, 0.15) is 10.4 Å². The smallest absolute Gasteiger partial charge is 0.228 e. The number of rotatable bonds is 3. The van der Waals surface area contributed by atoms with Crippen molar-refractivity contribution in [3.05, 3.63) is 60.2 Å². The molecule has 0 heterocycles. The van der Waals surface area contributed by atoms with Gasteiger partial charge in [-0.25, -0.2) is 0 Å². The van der Waals surface area contributed by atoms with Gasteiger partial charge in [-0.1, -0.05) is 48.6 Å². The van der Waals surface area contributed by atoms with Crippen molar-refractivity contribution in [2.75, 3.05) is 0 Å². The van der Waals surface area contributed by atoms with E-state index in [-0.39, 0.29) is 0 Å². The molecule has 2 unspecified atom stereocenters. The molecule has 92 valence electrons. The third kappa shape index (κ3) is 1.98. The fraction of sp³-hybridized carbons (Fsp3) is 0.143. The normalized spacial score (nSPS) is 25.9. The summed E-state index contributed by atoms with van der Waals surface area (Å²) in [6.45, 7) is 0. The van der Waals surface area contributed by atoms with Crippen molar-refractivity contribution >= 4 is 11.7 Å². The van der Waals surface area contributed by atoms with E-state index in [1.165, 1.54) is 18.2 Å². The first kappa shape index (κ1) is 12.3. The number of Topliss-reactive ketones (excluding diaryl/α,β-unsaturated/α-hetero) is 1. The van der Waals surface area contributed by atoms with Crippen LogP contribution in [0.25, 0.3) is 0 Å². The number of carbonyl (C=O) groups excluding carboxylic acids is 2. The molecule has 1 aliphatic carbocycles. The van der Waals surface area contributed by atoms with Gasteiger partial charge in [0.2, 0.25) is 5.91 Å². The monoisotopic (exact) mass is 243 g/mol. The molecule has 3 N–H and O–H groups in total. The third-order valence-electron chi connectivity index (χ3n) is 2.95. The van der Waals surface area contributed by atoms with Gasteiger partial charge >= 0.3 is 0 Å². The summed E-state index contributed by atoms with van der Waals surface area (Å²) in [6, 6.07) is 8.33. The molecule has 4 heteroatoms. The highest BCUT2D eigenvalue weighted by Gasteiger charge is 2.44. The number of ketones is 1. The van der Waals surface area contributed by atoms with E-state index >= 15 is 0 Å². The molecule has 4 nitrogen and oxygen atoms in total. The molecule has 0 aromatic heterocycles. The summed E-state index contributed by atoms with van der Waals surface area (Å²) in [6.07, 6.45) is 5.85. The molecule has 1 aliphatic rings. The van der Waals surface area contributed by atoms with Gasteiger partial charge < -0.3 is 10.8 Å². The Labute approximate surface area is 104 Å². The maximum absolute atomic E-state index is 12.3. The van der Waals surface area contributed by atoms with Crippen LogP contribution in [-0.2, 0) is 4.79 Å². The van der Waals surface area contributed by atoms with Crippen LogP contribution in [0.4, 0.5) is 0 Å². The largest absolute Gasteiger partial charge is 0.376 e. The molecule has 0 radical (unpaired) electrons. The molecule has 1 aromatic rings. The molecule has 0 aliphatic heterocycles. The fourth-order valence-electron chi connectivity index (χ4n) is 1.98. The van der Waals surface area contributed by atoms with E-state index in [1.54, 1.807) is 36.4 Å². The van der Waals surface area contributed by atoms with Gasteiger partial charge in [0, 0.05) is 5.56 Å². The van der Waals surface area contributed by atoms with Crippen LogP contribution in [0.2, 0.25) is 0 Å². The van der Waals surface area contributed by atoms with Crippen molar-refractivity contribution in [3.8, 4) is 0 Å². The molecule has 1 amide bonds. The zero-order valence-electron chi connectivity index (χ0n) is 9.61. The Morgan fingerprint density at radius 1 is 1.17 bits per heavy atom. The summed E-state index contributed by atoms with van der Waals surface area (Å²) >= 11 is 0. The molecule has 2 rings (SSSR count). The number of amides is 1. The van der Waals surface area contributed by atoms with Gasteiger partial charge in [0.15, 0.2) is 11.4 Å². The van der Waals surface area contributed by atoms with Gasteiger partial charge in [0.1, 0.15) is 0 Å². The van der Waals surface area contributed by atoms with Crippen molar-refractivity contribution in [2.24, 2.45) is 11.7 Å². The number of nitrogens with two attached hydrogens (primary N) is 1. The third-order valence-corrected chi connectivity index (χ3v) is 2.95. The van der Waals surface area contributed by atoms with Crippen molar-refractivity contribution in [1.82, 2.24) is 0 Å². The molecule has 2 atom stereocenters. The molecule has 0 bridgehead atoms. The quantitative estimate of drug-likeness (QED) is 0.771. The van der Waals surface area contributed by atoms with Gasteiger partial charge in [-0.05, 0) is 6.08 Å². The number of primary amides is 1. The van der Waals surface area contributed by atoms with Crippen LogP contribution in [-0.4, -0.2) is 22.4 Å². The second-order valence-electron chi connectivity index (χ2n) is 4.14. The molecule has 1 aromatic carbocycles. The molecular formula is C14H13NO3. The van der Waals surface area contributed by atoms with Gasteiger partial charge in [-0.15, -0.1) is 0 Å². The van der Waals surface area contributed by atoms with Crippen LogP contribution in [0, 0.1) is 5.92 Å². The average Bonchev–Trinajstić information content (AvgIpc) is 2.39. The number of hydrogen-bond donors (Lipinski definition) is 2. The Kier molecular flexibility index (Phi) is 3.12. The Morgan fingerprint density at radius 3 is 2.44 bits per heavy atom. The minimum Gasteiger partial charge on any atom is -0.376 e. The van der Waals surface area contributed by atoms with E-state index in [0.29, 0.717) is 5.56 Å². The van der Waals surface area contributed by atoms with E-state index in [4.69, 9.17) is 5.73 Å². The van der Waals surface area contributed by atoms with Gasteiger partial charge in [0.25, 0.3) is 0 Å². The van der Waals surface area contributed by atoms with Crippen LogP contribution < -0.4 is 5.73 Å². The fourth-order valence-corrected chi connectivity index (χ4v) is 1.98. The Balaban J connectivity index is 2.41. The lowest BCUT2D eigenvalue weighted by atomic mass is 9.78. The summed E-state index contributed by atoms with van der Waals surface area (Å²) in [4.78, 5) is 23.6. The summed E-state index contributed by atoms with van der Waals surface area (Å²) in [5.41, 5.74) is 3.66. The lowest BCUT2D eigenvalue weighted by Crippen LogP contribution is -2.49. The number of allylic oxidation sites excluding steroid dienone is 2.